The van der Waals surface area contributed by atoms with Gasteiger partial charge in [0, 0.05) is 24.0 Å². The number of amides is 2. The Morgan fingerprint density at radius 1 is 1.03 bits per heavy atom. The van der Waals surface area contributed by atoms with Gasteiger partial charge < -0.3 is 19.7 Å². The van der Waals surface area contributed by atoms with Crippen LogP contribution in [0.1, 0.15) is 38.3 Å². The highest BCUT2D eigenvalue weighted by Crippen LogP contribution is 2.32. The summed E-state index contributed by atoms with van der Waals surface area (Å²) < 4.78 is 11.7. The summed E-state index contributed by atoms with van der Waals surface area (Å²) in [5.74, 6) is 1.58. The predicted octanol–water partition coefficient (Wildman–Crippen LogP) is 4.30. The smallest absolute Gasteiger partial charge is 0.242 e. The van der Waals surface area contributed by atoms with E-state index in [1.54, 1.807) is 11.8 Å². The summed E-state index contributed by atoms with van der Waals surface area (Å²) in [6, 6.07) is 13.0. The van der Waals surface area contributed by atoms with Gasteiger partial charge in [0.25, 0.3) is 0 Å². The van der Waals surface area contributed by atoms with Crippen molar-refractivity contribution < 1.29 is 19.1 Å². The van der Waals surface area contributed by atoms with Crippen LogP contribution in [0.15, 0.2) is 46.9 Å². The zero-order valence-corrected chi connectivity index (χ0v) is 19.8. The Morgan fingerprint density at radius 2 is 1.71 bits per heavy atom. The molecule has 0 unspecified atom stereocenters. The largest absolute Gasteiger partial charge is 0.454 e. The van der Waals surface area contributed by atoms with Crippen LogP contribution in [-0.4, -0.2) is 36.1 Å². The first-order chi connectivity index (χ1) is 14.8. The third-order valence-corrected chi connectivity index (χ3v) is 5.71. The van der Waals surface area contributed by atoms with Crippen LogP contribution in [0.3, 0.4) is 0 Å². The number of hydrogen-bond donors (Lipinski definition) is 1. The normalized spacial score (nSPS) is 13.2. The van der Waals surface area contributed by atoms with Crippen molar-refractivity contribution in [2.45, 2.75) is 46.2 Å². The lowest BCUT2D eigenvalue weighted by Gasteiger charge is -2.29. The second kappa shape index (κ2) is 10.7. The molecule has 6 nitrogen and oxygen atoms in total. The van der Waals surface area contributed by atoms with E-state index in [-0.39, 0.29) is 18.6 Å². The fraction of sp³-hybridized carbons (Fsp3) is 0.417. The highest BCUT2D eigenvalue weighted by molar-refractivity contribution is 9.10. The molecular weight excluding hydrogens is 460 g/mol. The molecule has 0 saturated carbocycles. The number of nitrogens with zero attached hydrogens (tertiary/aromatic N) is 1. The monoisotopic (exact) mass is 488 g/mol. The summed E-state index contributed by atoms with van der Waals surface area (Å²) in [4.78, 5) is 27.5. The lowest BCUT2D eigenvalue weighted by molar-refractivity contribution is -0.140. The standard InChI is InChI=1S/C24H29BrN2O4/c1-16(2)13-26-24(29)17(3)27(14-19-4-8-20(25)9-5-19)23(28)11-7-18-6-10-21-22(12-18)31-15-30-21/h4-6,8-10,12,16-17H,7,11,13-15H2,1-3H3,(H,26,29)/t17-/m0/s1. The number of carbonyl (C=O) groups excluding carboxylic acids is 2. The minimum Gasteiger partial charge on any atom is -0.454 e. The average Bonchev–Trinajstić information content (AvgIpc) is 3.22. The molecule has 1 aliphatic heterocycles. The molecule has 166 valence electrons. The van der Waals surface area contributed by atoms with Gasteiger partial charge in [-0.1, -0.05) is 48.0 Å². The van der Waals surface area contributed by atoms with Crippen LogP contribution in [0, 0.1) is 5.92 Å². The van der Waals surface area contributed by atoms with Gasteiger partial charge in [0.2, 0.25) is 18.6 Å². The summed E-state index contributed by atoms with van der Waals surface area (Å²) in [7, 11) is 0. The lowest BCUT2D eigenvalue weighted by atomic mass is 10.1. The Hall–Kier alpha value is -2.54. The number of nitrogens with one attached hydrogen (secondary N) is 1. The van der Waals surface area contributed by atoms with Gasteiger partial charge >= 0.3 is 0 Å². The molecule has 1 aliphatic rings. The molecule has 0 saturated heterocycles. The highest BCUT2D eigenvalue weighted by atomic mass is 79.9. The first-order valence-electron chi connectivity index (χ1n) is 10.5. The molecule has 1 N–H and O–H groups in total. The van der Waals surface area contributed by atoms with Crippen LogP contribution in [0.4, 0.5) is 0 Å². The summed E-state index contributed by atoms with van der Waals surface area (Å²) in [5, 5.41) is 2.94. The minimum atomic E-state index is -0.563. The molecule has 2 aromatic rings. The molecule has 1 atom stereocenters. The predicted molar refractivity (Wildman–Crippen MR) is 123 cm³/mol. The van der Waals surface area contributed by atoms with Crippen molar-refractivity contribution in [3.63, 3.8) is 0 Å². The van der Waals surface area contributed by atoms with Crippen LogP contribution >= 0.6 is 15.9 Å². The molecule has 0 fully saturated rings. The Kier molecular flexibility index (Phi) is 7.96. The molecule has 1 heterocycles. The number of benzene rings is 2. The van der Waals surface area contributed by atoms with Gasteiger partial charge in [-0.2, -0.15) is 0 Å². The molecule has 2 amide bonds. The van der Waals surface area contributed by atoms with Crippen LogP contribution in [-0.2, 0) is 22.6 Å². The fourth-order valence-corrected chi connectivity index (χ4v) is 3.58. The Morgan fingerprint density at radius 3 is 2.42 bits per heavy atom. The van der Waals surface area contributed by atoms with Gasteiger partial charge in [-0.05, 0) is 54.7 Å². The maximum atomic E-state index is 13.2. The minimum absolute atomic E-state index is 0.0622. The second-order valence-electron chi connectivity index (χ2n) is 8.15. The molecule has 7 heteroatoms. The third-order valence-electron chi connectivity index (χ3n) is 5.18. The van der Waals surface area contributed by atoms with Crippen LogP contribution in [0.5, 0.6) is 11.5 Å². The number of carbonyl (C=O) groups is 2. The van der Waals surface area contributed by atoms with E-state index in [2.05, 4.69) is 21.2 Å². The van der Waals surface area contributed by atoms with Gasteiger partial charge in [0.15, 0.2) is 11.5 Å². The zero-order valence-electron chi connectivity index (χ0n) is 18.2. The first kappa shape index (κ1) is 23.1. The molecule has 0 aromatic heterocycles. The van der Waals surface area contributed by atoms with E-state index in [1.165, 1.54) is 0 Å². The molecule has 31 heavy (non-hydrogen) atoms. The van der Waals surface area contributed by atoms with Crippen LogP contribution in [0.2, 0.25) is 0 Å². The van der Waals surface area contributed by atoms with Crippen molar-refractivity contribution in [2.24, 2.45) is 5.92 Å². The number of hydrogen-bond acceptors (Lipinski definition) is 4. The van der Waals surface area contributed by atoms with E-state index >= 15 is 0 Å². The van der Waals surface area contributed by atoms with Crippen molar-refractivity contribution in [3.8, 4) is 11.5 Å². The molecule has 3 rings (SSSR count). The van der Waals surface area contributed by atoms with E-state index in [0.29, 0.717) is 37.6 Å². The van der Waals surface area contributed by atoms with Gasteiger partial charge in [-0.15, -0.1) is 0 Å². The van der Waals surface area contributed by atoms with Gasteiger partial charge in [-0.25, -0.2) is 0 Å². The van der Waals surface area contributed by atoms with Gasteiger partial charge in [-0.3, -0.25) is 9.59 Å². The Labute approximate surface area is 192 Å². The SMILES string of the molecule is CC(C)CNC(=O)[C@H](C)N(Cc1ccc(Br)cc1)C(=O)CCc1ccc2c(c1)OCO2. The van der Waals surface area contributed by atoms with Crippen molar-refractivity contribution in [2.75, 3.05) is 13.3 Å². The molecule has 0 radical (unpaired) electrons. The number of ether oxygens (including phenoxy) is 2. The topological polar surface area (TPSA) is 67.9 Å². The van der Waals surface area contributed by atoms with E-state index in [0.717, 1.165) is 21.3 Å². The molecule has 0 spiro atoms. The van der Waals surface area contributed by atoms with E-state index in [4.69, 9.17) is 9.47 Å². The summed E-state index contributed by atoms with van der Waals surface area (Å²) in [6.07, 6.45) is 0.866. The van der Waals surface area contributed by atoms with Crippen LogP contribution in [0.25, 0.3) is 0 Å². The number of halogens is 1. The summed E-state index contributed by atoms with van der Waals surface area (Å²) >= 11 is 3.43. The maximum Gasteiger partial charge on any atom is 0.242 e. The zero-order chi connectivity index (χ0) is 22.4. The number of rotatable bonds is 9. The number of aryl methyl sites for hydroxylation is 1. The average molecular weight is 489 g/mol. The summed E-state index contributed by atoms with van der Waals surface area (Å²) in [6.45, 7) is 7.06. The van der Waals surface area contributed by atoms with Crippen molar-refractivity contribution >= 4 is 27.7 Å². The van der Waals surface area contributed by atoms with E-state index in [9.17, 15) is 9.59 Å². The quantitative estimate of drug-likeness (QED) is 0.571. The molecule has 2 aromatic carbocycles. The summed E-state index contributed by atoms with van der Waals surface area (Å²) in [5.41, 5.74) is 1.97. The Bertz CT molecular complexity index is 914. The van der Waals surface area contributed by atoms with Gasteiger partial charge in [0.05, 0.1) is 0 Å². The molecular formula is C24H29BrN2O4. The van der Waals surface area contributed by atoms with E-state index < -0.39 is 6.04 Å². The fourth-order valence-electron chi connectivity index (χ4n) is 3.31. The van der Waals surface area contributed by atoms with Crippen LogP contribution < -0.4 is 14.8 Å². The van der Waals surface area contributed by atoms with Gasteiger partial charge in [0.1, 0.15) is 6.04 Å². The Balaban J connectivity index is 1.69. The first-order valence-corrected chi connectivity index (χ1v) is 11.3. The maximum absolute atomic E-state index is 13.2. The van der Waals surface area contributed by atoms with E-state index in [1.807, 2.05) is 56.3 Å². The van der Waals surface area contributed by atoms with Crippen molar-refractivity contribution in [1.82, 2.24) is 10.2 Å². The second-order valence-corrected chi connectivity index (χ2v) is 9.07. The third kappa shape index (κ3) is 6.47. The lowest BCUT2D eigenvalue weighted by Crippen LogP contribution is -2.48. The molecule has 0 bridgehead atoms. The van der Waals surface area contributed by atoms with Crippen molar-refractivity contribution in [1.29, 1.82) is 0 Å². The number of fused-ring (bicyclic) bond motifs is 1. The van der Waals surface area contributed by atoms with Crippen molar-refractivity contribution in [3.05, 3.63) is 58.1 Å². The highest BCUT2D eigenvalue weighted by Gasteiger charge is 2.26. The molecule has 0 aliphatic carbocycles.